The summed E-state index contributed by atoms with van der Waals surface area (Å²) < 4.78 is 1.39. The lowest BCUT2D eigenvalue weighted by Crippen LogP contribution is -2.30. The summed E-state index contributed by atoms with van der Waals surface area (Å²) >= 11 is 0. The second-order valence-corrected chi connectivity index (χ2v) is 6.59. The minimum Gasteiger partial charge on any atom is -0.355 e. The van der Waals surface area contributed by atoms with Crippen molar-refractivity contribution in [2.24, 2.45) is 0 Å². The van der Waals surface area contributed by atoms with Crippen LogP contribution in [0, 0.1) is 0 Å². The van der Waals surface area contributed by atoms with Crippen LogP contribution in [0.2, 0.25) is 0 Å². The molecule has 3 rings (SSSR count). The number of carbonyl (C=O) groups is 1. The van der Waals surface area contributed by atoms with Gasteiger partial charge in [0.2, 0.25) is 5.91 Å². The van der Waals surface area contributed by atoms with E-state index in [4.69, 9.17) is 0 Å². The lowest BCUT2D eigenvalue weighted by molar-refractivity contribution is -0.121. The molecule has 1 heterocycles. The second kappa shape index (κ2) is 9.50. The van der Waals surface area contributed by atoms with Gasteiger partial charge in [0.1, 0.15) is 0 Å². The van der Waals surface area contributed by atoms with Gasteiger partial charge in [-0.3, -0.25) is 14.6 Å². The third-order valence-corrected chi connectivity index (χ3v) is 4.61. The van der Waals surface area contributed by atoms with E-state index in [2.05, 4.69) is 34.6 Å². The molecule has 6 nitrogen and oxygen atoms in total. The molecule has 2 N–H and O–H groups in total. The first-order chi connectivity index (χ1) is 13.6. The molecule has 0 saturated carbocycles. The average molecular weight is 377 g/mol. The van der Waals surface area contributed by atoms with Gasteiger partial charge in [-0.05, 0) is 17.5 Å². The quantitative estimate of drug-likeness (QED) is 0.632. The van der Waals surface area contributed by atoms with Crippen molar-refractivity contribution in [2.75, 3.05) is 6.54 Å². The highest BCUT2D eigenvalue weighted by atomic mass is 16.2. The summed E-state index contributed by atoms with van der Waals surface area (Å²) in [5.74, 6) is 0.0162. The molecule has 6 heteroatoms. The van der Waals surface area contributed by atoms with E-state index in [1.807, 2.05) is 36.4 Å². The van der Waals surface area contributed by atoms with Gasteiger partial charge in [-0.1, -0.05) is 60.7 Å². The highest BCUT2D eigenvalue weighted by molar-refractivity contribution is 5.75. The fourth-order valence-electron chi connectivity index (χ4n) is 3.13. The molecule has 0 aliphatic heterocycles. The molecule has 0 fully saturated rings. The first kappa shape index (κ1) is 19.4. The first-order valence-corrected chi connectivity index (χ1v) is 9.30. The average Bonchev–Trinajstić information content (AvgIpc) is 2.71. The molecule has 3 aromatic rings. The number of rotatable bonds is 8. The number of hydrogen-bond acceptors (Lipinski definition) is 3. The maximum absolute atomic E-state index is 12.3. The minimum absolute atomic E-state index is 0.0608. The molecule has 0 unspecified atom stereocenters. The summed E-state index contributed by atoms with van der Waals surface area (Å²) in [5.41, 5.74) is 1.41. The fraction of sp³-hybridized carbons (Fsp3) is 0.227. The van der Waals surface area contributed by atoms with E-state index in [-0.39, 0.29) is 11.8 Å². The zero-order chi connectivity index (χ0) is 19.8. The van der Waals surface area contributed by atoms with Crippen LogP contribution in [-0.2, 0) is 11.3 Å². The number of nitrogens with one attached hydrogen (secondary N) is 2. The predicted octanol–water partition coefficient (Wildman–Crippen LogP) is 2.27. The van der Waals surface area contributed by atoms with Gasteiger partial charge in [0.05, 0.1) is 0 Å². The van der Waals surface area contributed by atoms with E-state index in [0.29, 0.717) is 25.9 Å². The first-order valence-electron chi connectivity index (χ1n) is 9.30. The smallest absolute Gasteiger partial charge is 0.328 e. The van der Waals surface area contributed by atoms with Crippen LogP contribution in [0.1, 0.15) is 29.9 Å². The van der Waals surface area contributed by atoms with Crippen LogP contribution in [0.15, 0.2) is 82.5 Å². The minimum atomic E-state index is -0.457. The number of aryl methyl sites for hydroxylation is 1. The third kappa shape index (κ3) is 5.30. The van der Waals surface area contributed by atoms with Crippen LogP contribution >= 0.6 is 0 Å². The van der Waals surface area contributed by atoms with E-state index < -0.39 is 11.2 Å². The Hall–Kier alpha value is -3.41. The molecule has 0 aliphatic carbocycles. The van der Waals surface area contributed by atoms with Gasteiger partial charge in [-0.2, -0.15) is 0 Å². The van der Waals surface area contributed by atoms with E-state index >= 15 is 0 Å². The monoisotopic (exact) mass is 377 g/mol. The summed E-state index contributed by atoms with van der Waals surface area (Å²) in [7, 11) is 0. The third-order valence-electron chi connectivity index (χ3n) is 4.61. The Morgan fingerprint density at radius 3 is 2.11 bits per heavy atom. The van der Waals surface area contributed by atoms with Gasteiger partial charge >= 0.3 is 5.69 Å². The van der Waals surface area contributed by atoms with Crippen LogP contribution < -0.4 is 16.6 Å². The predicted molar refractivity (Wildman–Crippen MR) is 108 cm³/mol. The summed E-state index contributed by atoms with van der Waals surface area (Å²) in [5, 5.41) is 3.01. The largest absolute Gasteiger partial charge is 0.355 e. The Kier molecular flexibility index (Phi) is 6.57. The van der Waals surface area contributed by atoms with E-state index in [1.165, 1.54) is 16.8 Å². The van der Waals surface area contributed by atoms with Crippen molar-refractivity contribution < 1.29 is 4.79 Å². The highest BCUT2D eigenvalue weighted by Crippen LogP contribution is 2.23. The van der Waals surface area contributed by atoms with E-state index in [9.17, 15) is 14.4 Å². The number of nitrogens with zero attached hydrogens (tertiary/aromatic N) is 1. The molecule has 1 amide bonds. The number of hydrogen-bond donors (Lipinski definition) is 2. The fourth-order valence-corrected chi connectivity index (χ4v) is 3.13. The van der Waals surface area contributed by atoms with Crippen molar-refractivity contribution in [3.05, 3.63) is 105 Å². The SMILES string of the molecule is O=C(CCCn1ccc(=O)[nH]c1=O)NCC(c1ccccc1)c1ccccc1. The van der Waals surface area contributed by atoms with Crippen LogP contribution in [0.5, 0.6) is 0 Å². The summed E-state index contributed by atoms with van der Waals surface area (Å²) in [4.78, 5) is 37.2. The van der Waals surface area contributed by atoms with Crippen LogP contribution in [-0.4, -0.2) is 22.0 Å². The summed E-state index contributed by atoms with van der Waals surface area (Å²) in [6.45, 7) is 0.884. The maximum Gasteiger partial charge on any atom is 0.328 e. The molecule has 0 bridgehead atoms. The van der Waals surface area contributed by atoms with Crippen LogP contribution in [0.3, 0.4) is 0 Å². The Bertz CT molecular complexity index is 971. The lowest BCUT2D eigenvalue weighted by atomic mass is 9.91. The van der Waals surface area contributed by atoms with Crippen molar-refractivity contribution in [1.82, 2.24) is 14.9 Å². The molecule has 1 aromatic heterocycles. The zero-order valence-electron chi connectivity index (χ0n) is 15.5. The topological polar surface area (TPSA) is 84.0 Å². The molecule has 0 aliphatic rings. The molecule has 28 heavy (non-hydrogen) atoms. The van der Waals surface area contributed by atoms with Gasteiger partial charge in [0, 0.05) is 37.7 Å². The number of carbonyl (C=O) groups excluding carboxylic acids is 1. The standard InChI is InChI=1S/C22H23N3O3/c26-20(12-7-14-25-15-13-21(27)24-22(25)28)23-16-19(17-8-3-1-4-9-17)18-10-5-2-6-11-18/h1-6,8-11,13,15,19H,7,12,14,16H2,(H,23,26)(H,24,27,28). The highest BCUT2D eigenvalue weighted by Gasteiger charge is 2.15. The molecule has 0 atom stereocenters. The van der Waals surface area contributed by atoms with Crippen molar-refractivity contribution in [3.8, 4) is 0 Å². The number of H-pyrrole nitrogens is 1. The molecule has 0 radical (unpaired) electrons. The van der Waals surface area contributed by atoms with E-state index in [0.717, 1.165) is 11.1 Å². The Balaban J connectivity index is 1.56. The molecule has 0 saturated heterocycles. The number of benzene rings is 2. The molecular weight excluding hydrogens is 354 g/mol. The summed E-state index contributed by atoms with van der Waals surface area (Å²) in [6, 6.07) is 21.5. The number of amides is 1. The number of aromatic nitrogens is 2. The molecular formula is C22H23N3O3. The van der Waals surface area contributed by atoms with Gasteiger partial charge in [-0.25, -0.2) is 4.79 Å². The van der Waals surface area contributed by atoms with Crippen molar-refractivity contribution in [3.63, 3.8) is 0 Å². The number of aromatic amines is 1. The normalized spacial score (nSPS) is 10.8. The Morgan fingerprint density at radius 1 is 0.929 bits per heavy atom. The lowest BCUT2D eigenvalue weighted by Gasteiger charge is -2.19. The van der Waals surface area contributed by atoms with E-state index in [1.54, 1.807) is 0 Å². The van der Waals surface area contributed by atoms with Crippen molar-refractivity contribution in [1.29, 1.82) is 0 Å². The van der Waals surface area contributed by atoms with Gasteiger partial charge in [0.25, 0.3) is 5.56 Å². The van der Waals surface area contributed by atoms with Gasteiger partial charge < -0.3 is 9.88 Å². The van der Waals surface area contributed by atoms with Crippen LogP contribution in [0.25, 0.3) is 0 Å². The molecule has 2 aromatic carbocycles. The van der Waals surface area contributed by atoms with Crippen molar-refractivity contribution >= 4 is 5.91 Å². The van der Waals surface area contributed by atoms with Gasteiger partial charge in [-0.15, -0.1) is 0 Å². The molecule has 144 valence electrons. The second-order valence-electron chi connectivity index (χ2n) is 6.59. The molecule has 0 spiro atoms. The Labute approximate surface area is 162 Å². The zero-order valence-corrected chi connectivity index (χ0v) is 15.5. The maximum atomic E-state index is 12.3. The Morgan fingerprint density at radius 2 is 1.54 bits per heavy atom. The van der Waals surface area contributed by atoms with Gasteiger partial charge in [0.15, 0.2) is 0 Å². The summed E-state index contributed by atoms with van der Waals surface area (Å²) in [6.07, 6.45) is 2.26. The van der Waals surface area contributed by atoms with Crippen LogP contribution in [0.4, 0.5) is 0 Å². The van der Waals surface area contributed by atoms with Crippen molar-refractivity contribution in [2.45, 2.75) is 25.3 Å².